The molecule has 1 aliphatic carbocycles. The van der Waals surface area contributed by atoms with Crippen molar-refractivity contribution in [3.8, 4) is 5.88 Å². The lowest BCUT2D eigenvalue weighted by Gasteiger charge is -2.23. The van der Waals surface area contributed by atoms with Crippen molar-refractivity contribution in [3.63, 3.8) is 0 Å². The number of nitrogens with zero attached hydrogens (tertiary/aromatic N) is 2. The first kappa shape index (κ1) is 13.4. The van der Waals surface area contributed by atoms with E-state index >= 15 is 0 Å². The summed E-state index contributed by atoms with van der Waals surface area (Å²) in [5, 5.41) is 14.3. The zero-order valence-electron chi connectivity index (χ0n) is 11.6. The molecular weight excluding hydrogens is 228 g/mol. The molecule has 0 radical (unpaired) electrons. The fourth-order valence-electron chi connectivity index (χ4n) is 2.87. The Kier molecular flexibility index (Phi) is 4.27. The Morgan fingerprint density at radius 1 is 1.33 bits per heavy atom. The molecule has 4 heteroatoms. The summed E-state index contributed by atoms with van der Waals surface area (Å²) in [6.45, 7) is 4.21. The van der Waals surface area contributed by atoms with Crippen molar-refractivity contribution in [2.24, 2.45) is 0 Å². The zero-order chi connectivity index (χ0) is 13.1. The minimum atomic E-state index is 0.00338. The molecule has 0 spiro atoms. The van der Waals surface area contributed by atoms with E-state index in [0.29, 0.717) is 12.0 Å². The smallest absolute Gasteiger partial charge is 0.217 e. The highest BCUT2D eigenvalue weighted by Crippen LogP contribution is 2.35. The van der Waals surface area contributed by atoms with Crippen LogP contribution in [0.15, 0.2) is 0 Å². The molecule has 0 unspecified atom stereocenters. The number of aromatic nitrogens is 2. The van der Waals surface area contributed by atoms with Crippen LogP contribution in [0.1, 0.15) is 69.2 Å². The molecule has 1 aliphatic rings. The van der Waals surface area contributed by atoms with Gasteiger partial charge in [0, 0.05) is 0 Å². The van der Waals surface area contributed by atoms with Crippen LogP contribution in [-0.2, 0) is 6.61 Å². The predicted octanol–water partition coefficient (Wildman–Crippen LogP) is 3.01. The van der Waals surface area contributed by atoms with Crippen LogP contribution in [0.4, 0.5) is 0 Å². The minimum absolute atomic E-state index is 0.00338. The van der Waals surface area contributed by atoms with Gasteiger partial charge >= 0.3 is 0 Å². The quantitative estimate of drug-likeness (QED) is 0.896. The summed E-state index contributed by atoms with van der Waals surface area (Å²) < 4.78 is 7.51. The van der Waals surface area contributed by atoms with Crippen LogP contribution in [0.5, 0.6) is 5.88 Å². The van der Waals surface area contributed by atoms with Gasteiger partial charge in [-0.05, 0) is 18.8 Å². The van der Waals surface area contributed by atoms with Gasteiger partial charge in [-0.1, -0.05) is 33.1 Å². The molecule has 0 saturated heterocycles. The first-order valence-electron chi connectivity index (χ1n) is 6.95. The van der Waals surface area contributed by atoms with Gasteiger partial charge in [-0.25, -0.2) is 4.68 Å². The average molecular weight is 252 g/mol. The molecular formula is C14H24N2O2. The first-order chi connectivity index (χ1) is 8.69. The highest BCUT2D eigenvalue weighted by atomic mass is 16.5. The van der Waals surface area contributed by atoms with Crippen molar-refractivity contribution in [1.29, 1.82) is 0 Å². The van der Waals surface area contributed by atoms with Crippen LogP contribution < -0.4 is 4.74 Å². The average Bonchev–Trinajstić information content (AvgIpc) is 2.78. The van der Waals surface area contributed by atoms with Crippen molar-refractivity contribution >= 4 is 0 Å². The second-order valence-corrected chi connectivity index (χ2v) is 5.42. The van der Waals surface area contributed by atoms with E-state index in [1.54, 1.807) is 7.11 Å². The van der Waals surface area contributed by atoms with Crippen molar-refractivity contribution in [1.82, 2.24) is 9.78 Å². The lowest BCUT2D eigenvalue weighted by Crippen LogP contribution is -2.15. The Hall–Kier alpha value is -1.03. The number of hydrogen-bond acceptors (Lipinski definition) is 3. The normalized spacial score (nSPS) is 17.4. The third-order valence-electron chi connectivity index (χ3n) is 3.81. The van der Waals surface area contributed by atoms with Gasteiger partial charge in [-0.3, -0.25) is 0 Å². The molecule has 0 bridgehead atoms. The Morgan fingerprint density at radius 3 is 2.50 bits per heavy atom. The molecule has 0 atom stereocenters. The van der Waals surface area contributed by atoms with Crippen molar-refractivity contribution < 1.29 is 9.84 Å². The summed E-state index contributed by atoms with van der Waals surface area (Å²) in [7, 11) is 1.67. The Morgan fingerprint density at radius 2 is 2.00 bits per heavy atom. The van der Waals surface area contributed by atoms with Crippen molar-refractivity contribution in [2.75, 3.05) is 7.11 Å². The van der Waals surface area contributed by atoms with E-state index in [1.165, 1.54) is 32.1 Å². The van der Waals surface area contributed by atoms with E-state index in [9.17, 15) is 5.11 Å². The Bertz CT molecular complexity index is 393. The first-order valence-corrected chi connectivity index (χ1v) is 6.95. The number of ether oxygens (including phenoxy) is 1. The summed E-state index contributed by atoms with van der Waals surface area (Å²) >= 11 is 0. The molecule has 1 fully saturated rings. The fraction of sp³-hybridized carbons (Fsp3) is 0.786. The summed E-state index contributed by atoms with van der Waals surface area (Å²) in [4.78, 5) is 0. The number of methoxy groups -OCH3 is 1. The molecule has 1 aromatic rings. The second-order valence-electron chi connectivity index (χ2n) is 5.42. The monoisotopic (exact) mass is 252 g/mol. The molecule has 4 nitrogen and oxygen atoms in total. The summed E-state index contributed by atoms with van der Waals surface area (Å²) in [5.41, 5.74) is 1.83. The highest BCUT2D eigenvalue weighted by Gasteiger charge is 2.25. The maximum atomic E-state index is 9.56. The lowest BCUT2D eigenvalue weighted by atomic mass is 9.96. The van der Waals surface area contributed by atoms with Crippen LogP contribution >= 0.6 is 0 Å². The van der Waals surface area contributed by atoms with Crippen LogP contribution in [0, 0.1) is 0 Å². The van der Waals surface area contributed by atoms with Crippen molar-refractivity contribution in [2.45, 2.75) is 64.5 Å². The summed E-state index contributed by atoms with van der Waals surface area (Å²) in [6, 6.07) is 0.437. The maximum Gasteiger partial charge on any atom is 0.217 e. The largest absolute Gasteiger partial charge is 0.481 e. The van der Waals surface area contributed by atoms with E-state index in [1.807, 2.05) is 4.68 Å². The summed E-state index contributed by atoms with van der Waals surface area (Å²) in [5.74, 6) is 1.07. The highest BCUT2D eigenvalue weighted by molar-refractivity contribution is 5.33. The van der Waals surface area contributed by atoms with Gasteiger partial charge in [0.05, 0.1) is 31.0 Å². The van der Waals surface area contributed by atoms with Crippen LogP contribution in [0.25, 0.3) is 0 Å². The number of aliphatic hydroxyl groups is 1. The molecule has 1 aromatic heterocycles. The van der Waals surface area contributed by atoms with E-state index in [2.05, 4.69) is 13.8 Å². The van der Waals surface area contributed by atoms with Gasteiger partial charge in [-0.15, -0.1) is 0 Å². The predicted molar refractivity (Wildman–Crippen MR) is 70.9 cm³/mol. The van der Waals surface area contributed by atoms with Crippen molar-refractivity contribution in [3.05, 3.63) is 11.3 Å². The number of rotatable bonds is 4. The minimum Gasteiger partial charge on any atom is -0.481 e. The molecule has 0 amide bonds. The van der Waals surface area contributed by atoms with Gasteiger partial charge in [0.25, 0.3) is 0 Å². The molecule has 1 heterocycles. The van der Waals surface area contributed by atoms with Gasteiger partial charge in [0.1, 0.15) is 0 Å². The Labute approximate surface area is 109 Å². The molecule has 1 saturated carbocycles. The van der Waals surface area contributed by atoms with Crippen LogP contribution in [-0.4, -0.2) is 22.0 Å². The Balaban J connectivity index is 2.39. The van der Waals surface area contributed by atoms with Gasteiger partial charge in [0.2, 0.25) is 5.88 Å². The zero-order valence-corrected chi connectivity index (χ0v) is 11.6. The second kappa shape index (κ2) is 5.74. The van der Waals surface area contributed by atoms with Gasteiger partial charge < -0.3 is 9.84 Å². The standard InChI is InChI=1S/C14H24N2O2/c1-10(2)13-12(9-17)14(18-3)16(15-13)11-7-5-4-6-8-11/h10-11,17H,4-9H2,1-3H3. The summed E-state index contributed by atoms with van der Waals surface area (Å²) in [6.07, 6.45) is 6.18. The molecule has 102 valence electrons. The van der Waals surface area contributed by atoms with Crippen LogP contribution in [0.2, 0.25) is 0 Å². The van der Waals surface area contributed by atoms with E-state index in [0.717, 1.165) is 17.1 Å². The third kappa shape index (κ3) is 2.39. The third-order valence-corrected chi connectivity index (χ3v) is 3.81. The molecule has 1 N–H and O–H groups in total. The molecule has 18 heavy (non-hydrogen) atoms. The van der Waals surface area contributed by atoms with Gasteiger partial charge in [0.15, 0.2) is 0 Å². The number of hydrogen-bond donors (Lipinski definition) is 1. The van der Waals surface area contributed by atoms with E-state index < -0.39 is 0 Å². The fourth-order valence-corrected chi connectivity index (χ4v) is 2.87. The lowest BCUT2D eigenvalue weighted by molar-refractivity contribution is 0.256. The maximum absolute atomic E-state index is 9.56. The van der Waals surface area contributed by atoms with Gasteiger partial charge in [-0.2, -0.15) is 5.10 Å². The molecule has 2 rings (SSSR count). The molecule has 0 aromatic carbocycles. The van der Waals surface area contributed by atoms with E-state index in [4.69, 9.17) is 9.84 Å². The van der Waals surface area contributed by atoms with E-state index in [-0.39, 0.29) is 6.61 Å². The SMILES string of the molecule is COc1c(CO)c(C(C)C)nn1C1CCCCC1. The number of aliphatic hydroxyl groups excluding tert-OH is 1. The topological polar surface area (TPSA) is 47.3 Å². The molecule has 0 aliphatic heterocycles. The van der Waals surface area contributed by atoms with Crippen LogP contribution in [0.3, 0.4) is 0 Å².